The largest absolute Gasteiger partial charge is 0.484 e. The summed E-state index contributed by atoms with van der Waals surface area (Å²) in [5, 5.41) is 2.73. The van der Waals surface area contributed by atoms with Gasteiger partial charge in [-0.25, -0.2) is 8.42 Å². The molecule has 2 aromatic rings. The summed E-state index contributed by atoms with van der Waals surface area (Å²) in [6.07, 6.45) is 1.16. The lowest BCUT2D eigenvalue weighted by Gasteiger charge is -2.08. The van der Waals surface area contributed by atoms with Gasteiger partial charge in [0.2, 0.25) is 0 Å². The molecule has 2 aromatic carbocycles. The van der Waals surface area contributed by atoms with E-state index in [0.717, 1.165) is 17.4 Å². The van der Waals surface area contributed by atoms with E-state index in [1.165, 1.54) is 12.1 Å². The van der Waals surface area contributed by atoms with Crippen LogP contribution >= 0.6 is 0 Å². The molecule has 2 rings (SSSR count). The Hall–Kier alpha value is -2.34. The lowest BCUT2D eigenvalue weighted by atomic mass is 10.2. The number of amides is 1. The molecule has 1 N–H and O–H groups in total. The van der Waals surface area contributed by atoms with Crippen molar-refractivity contribution < 1.29 is 17.9 Å². The van der Waals surface area contributed by atoms with Gasteiger partial charge in [-0.3, -0.25) is 4.79 Å². The second kappa shape index (κ2) is 7.28. The first-order chi connectivity index (χ1) is 10.8. The van der Waals surface area contributed by atoms with Crippen LogP contribution in [0.15, 0.2) is 53.4 Å². The van der Waals surface area contributed by atoms with Gasteiger partial charge in [-0.05, 0) is 36.8 Å². The van der Waals surface area contributed by atoms with Gasteiger partial charge in [0.1, 0.15) is 5.75 Å². The number of ether oxygens (including phenoxy) is 1. The molecule has 6 heteroatoms. The van der Waals surface area contributed by atoms with Crippen molar-refractivity contribution in [3.63, 3.8) is 0 Å². The Labute approximate surface area is 136 Å². The fraction of sp³-hybridized carbons (Fsp3) is 0.235. The predicted octanol–water partition coefficient (Wildman–Crippen LogP) is 2.09. The molecule has 0 aliphatic rings. The molecule has 0 unspecified atom stereocenters. The fourth-order valence-corrected chi connectivity index (χ4v) is 2.52. The van der Waals surface area contributed by atoms with Crippen molar-refractivity contribution in [2.45, 2.75) is 18.4 Å². The third-order valence-electron chi connectivity index (χ3n) is 3.23. The minimum atomic E-state index is -3.20. The van der Waals surface area contributed by atoms with Crippen LogP contribution in [0.5, 0.6) is 5.75 Å². The highest BCUT2D eigenvalue weighted by molar-refractivity contribution is 7.90. The van der Waals surface area contributed by atoms with Crippen LogP contribution in [0.3, 0.4) is 0 Å². The highest BCUT2D eigenvalue weighted by atomic mass is 32.2. The van der Waals surface area contributed by atoms with E-state index >= 15 is 0 Å². The molecule has 23 heavy (non-hydrogen) atoms. The molecule has 0 spiro atoms. The van der Waals surface area contributed by atoms with Gasteiger partial charge in [-0.15, -0.1) is 0 Å². The van der Waals surface area contributed by atoms with Crippen LogP contribution in [0.1, 0.15) is 11.1 Å². The molecule has 0 atom stereocenters. The van der Waals surface area contributed by atoms with E-state index in [9.17, 15) is 13.2 Å². The van der Waals surface area contributed by atoms with Crippen LogP contribution in [0.25, 0.3) is 0 Å². The summed E-state index contributed by atoms with van der Waals surface area (Å²) < 4.78 is 28.1. The van der Waals surface area contributed by atoms with Gasteiger partial charge in [-0.1, -0.05) is 29.8 Å². The van der Waals surface area contributed by atoms with E-state index in [0.29, 0.717) is 12.3 Å². The van der Waals surface area contributed by atoms with Crippen molar-refractivity contribution in [2.24, 2.45) is 0 Å². The maximum Gasteiger partial charge on any atom is 0.258 e. The first-order valence-electron chi connectivity index (χ1n) is 7.10. The molecule has 0 radical (unpaired) electrons. The van der Waals surface area contributed by atoms with E-state index in [1.54, 1.807) is 12.1 Å². The second-order valence-electron chi connectivity index (χ2n) is 5.29. The molecule has 0 saturated heterocycles. The van der Waals surface area contributed by atoms with E-state index in [4.69, 9.17) is 4.74 Å². The molecule has 0 aliphatic carbocycles. The Morgan fingerprint density at radius 1 is 1.04 bits per heavy atom. The number of nitrogens with one attached hydrogen (secondary N) is 1. The van der Waals surface area contributed by atoms with Crippen molar-refractivity contribution >= 4 is 15.7 Å². The van der Waals surface area contributed by atoms with E-state index in [1.807, 2.05) is 31.2 Å². The SMILES string of the molecule is Cc1ccc(OCC(=O)NCc2ccc(S(C)(=O)=O)cc2)cc1. The Kier molecular flexibility index (Phi) is 5.39. The highest BCUT2D eigenvalue weighted by Crippen LogP contribution is 2.11. The number of rotatable bonds is 6. The second-order valence-corrected chi connectivity index (χ2v) is 7.31. The Morgan fingerprint density at radius 3 is 2.22 bits per heavy atom. The molecule has 0 aromatic heterocycles. The molecular weight excluding hydrogens is 314 g/mol. The summed E-state index contributed by atoms with van der Waals surface area (Å²) in [5.74, 6) is 0.404. The number of sulfone groups is 1. The Morgan fingerprint density at radius 2 is 1.65 bits per heavy atom. The van der Waals surface area contributed by atoms with Crippen LogP contribution in [-0.4, -0.2) is 27.2 Å². The number of hydrogen-bond acceptors (Lipinski definition) is 4. The molecule has 0 aliphatic heterocycles. The van der Waals surface area contributed by atoms with Gasteiger partial charge in [0.15, 0.2) is 16.4 Å². The van der Waals surface area contributed by atoms with Gasteiger partial charge in [0, 0.05) is 12.8 Å². The summed E-state index contributed by atoms with van der Waals surface area (Å²) in [6.45, 7) is 2.23. The minimum Gasteiger partial charge on any atom is -0.484 e. The zero-order valence-electron chi connectivity index (χ0n) is 13.1. The average molecular weight is 333 g/mol. The topological polar surface area (TPSA) is 72.5 Å². The molecule has 122 valence electrons. The summed E-state index contributed by atoms with van der Waals surface area (Å²) in [4.78, 5) is 12.0. The Balaban J connectivity index is 1.81. The number of hydrogen-bond donors (Lipinski definition) is 1. The van der Waals surface area contributed by atoms with Crippen molar-refractivity contribution in [3.05, 3.63) is 59.7 Å². The molecule has 0 fully saturated rings. The van der Waals surface area contributed by atoms with Gasteiger partial charge >= 0.3 is 0 Å². The average Bonchev–Trinajstić information content (AvgIpc) is 2.52. The lowest BCUT2D eigenvalue weighted by Crippen LogP contribution is -2.28. The highest BCUT2D eigenvalue weighted by Gasteiger charge is 2.07. The van der Waals surface area contributed by atoms with Crippen molar-refractivity contribution in [3.8, 4) is 5.75 Å². The van der Waals surface area contributed by atoms with Crippen molar-refractivity contribution in [1.29, 1.82) is 0 Å². The van der Waals surface area contributed by atoms with Crippen molar-refractivity contribution in [2.75, 3.05) is 12.9 Å². The van der Waals surface area contributed by atoms with Crippen LogP contribution in [0.4, 0.5) is 0 Å². The quantitative estimate of drug-likeness (QED) is 0.878. The van der Waals surface area contributed by atoms with E-state index in [2.05, 4.69) is 5.32 Å². The molecule has 0 heterocycles. The summed E-state index contributed by atoms with van der Waals surface area (Å²) in [7, 11) is -3.20. The van der Waals surface area contributed by atoms with Crippen LogP contribution < -0.4 is 10.1 Å². The van der Waals surface area contributed by atoms with Crippen LogP contribution in [-0.2, 0) is 21.2 Å². The third-order valence-corrected chi connectivity index (χ3v) is 4.36. The molecule has 0 saturated carbocycles. The Bertz CT molecular complexity index is 765. The third kappa shape index (κ3) is 5.41. The molecule has 0 bridgehead atoms. The van der Waals surface area contributed by atoms with Gasteiger partial charge in [0.25, 0.3) is 5.91 Å². The smallest absolute Gasteiger partial charge is 0.258 e. The van der Waals surface area contributed by atoms with E-state index < -0.39 is 9.84 Å². The van der Waals surface area contributed by atoms with Crippen LogP contribution in [0.2, 0.25) is 0 Å². The zero-order valence-corrected chi connectivity index (χ0v) is 13.9. The maximum absolute atomic E-state index is 11.8. The zero-order chi connectivity index (χ0) is 16.9. The predicted molar refractivity (Wildman–Crippen MR) is 88.1 cm³/mol. The number of benzene rings is 2. The van der Waals surface area contributed by atoms with Gasteiger partial charge in [0.05, 0.1) is 4.90 Å². The first kappa shape index (κ1) is 17.0. The molecular formula is C17H19NO4S. The summed E-state index contributed by atoms with van der Waals surface area (Å²) in [5.41, 5.74) is 1.94. The van der Waals surface area contributed by atoms with Gasteiger partial charge in [-0.2, -0.15) is 0 Å². The number of carbonyl (C=O) groups excluding carboxylic acids is 1. The van der Waals surface area contributed by atoms with Crippen molar-refractivity contribution in [1.82, 2.24) is 5.32 Å². The monoisotopic (exact) mass is 333 g/mol. The summed E-state index contributed by atoms with van der Waals surface area (Å²) in [6, 6.07) is 13.9. The van der Waals surface area contributed by atoms with Gasteiger partial charge < -0.3 is 10.1 Å². The molecule has 1 amide bonds. The number of carbonyl (C=O) groups is 1. The fourth-order valence-electron chi connectivity index (χ4n) is 1.89. The normalized spacial score (nSPS) is 11.0. The molecule has 5 nitrogen and oxygen atoms in total. The first-order valence-corrected chi connectivity index (χ1v) is 8.99. The van der Waals surface area contributed by atoms with Crippen LogP contribution in [0, 0.1) is 6.92 Å². The summed E-state index contributed by atoms with van der Waals surface area (Å²) >= 11 is 0. The van der Waals surface area contributed by atoms with E-state index in [-0.39, 0.29) is 17.4 Å². The minimum absolute atomic E-state index is 0.0650. The maximum atomic E-state index is 11.8. The lowest BCUT2D eigenvalue weighted by molar-refractivity contribution is -0.123. The standard InChI is InChI=1S/C17H19NO4S/c1-13-3-7-15(8-4-13)22-12-17(19)18-11-14-5-9-16(10-6-14)23(2,20)21/h3-10H,11-12H2,1-2H3,(H,18,19). The number of aryl methyl sites for hydroxylation is 1.